The molecular formula is C10H9NO4. The molecule has 1 rings (SSSR count). The van der Waals surface area contributed by atoms with Crippen molar-refractivity contribution in [2.45, 2.75) is 6.42 Å². The lowest BCUT2D eigenvalue weighted by Crippen LogP contribution is -2.00. The van der Waals surface area contributed by atoms with E-state index in [0.29, 0.717) is 5.56 Å². The zero-order chi connectivity index (χ0) is 11.4. The molecule has 78 valence electrons. The van der Waals surface area contributed by atoms with Crippen molar-refractivity contribution < 1.29 is 19.7 Å². The van der Waals surface area contributed by atoms with Gasteiger partial charge in [0, 0.05) is 0 Å². The Morgan fingerprint density at radius 1 is 1.60 bits per heavy atom. The van der Waals surface area contributed by atoms with Gasteiger partial charge in [0.25, 0.3) is 0 Å². The third-order valence-electron chi connectivity index (χ3n) is 1.87. The molecule has 0 bridgehead atoms. The Labute approximate surface area is 86.1 Å². The molecule has 0 fully saturated rings. The lowest BCUT2D eigenvalue weighted by molar-refractivity contribution is 0.0693. The molecule has 0 aliphatic rings. The van der Waals surface area contributed by atoms with Crippen molar-refractivity contribution in [2.75, 3.05) is 7.11 Å². The number of carboxylic acid groups (broad SMARTS) is 1. The van der Waals surface area contributed by atoms with Crippen LogP contribution < -0.4 is 4.74 Å². The highest BCUT2D eigenvalue weighted by atomic mass is 16.5. The Balaban J connectivity index is 3.33. The predicted molar refractivity (Wildman–Crippen MR) is 50.9 cm³/mol. The Hall–Kier alpha value is -2.22. The molecule has 0 aliphatic carbocycles. The minimum Gasteiger partial charge on any atom is -0.504 e. The van der Waals surface area contributed by atoms with E-state index >= 15 is 0 Å². The van der Waals surface area contributed by atoms with Gasteiger partial charge < -0.3 is 14.9 Å². The van der Waals surface area contributed by atoms with Gasteiger partial charge in [-0.15, -0.1) is 0 Å². The van der Waals surface area contributed by atoms with E-state index in [9.17, 15) is 9.90 Å². The first kappa shape index (κ1) is 10.9. The van der Waals surface area contributed by atoms with Gasteiger partial charge in [-0.2, -0.15) is 5.26 Å². The van der Waals surface area contributed by atoms with Gasteiger partial charge in [0.1, 0.15) is 5.56 Å². The minimum absolute atomic E-state index is 0.0557. The molecule has 0 atom stereocenters. The summed E-state index contributed by atoms with van der Waals surface area (Å²) in [7, 11) is 1.32. The number of hydrogen-bond acceptors (Lipinski definition) is 4. The number of nitrogens with zero attached hydrogens (tertiary/aromatic N) is 1. The van der Waals surface area contributed by atoms with Crippen LogP contribution in [-0.4, -0.2) is 23.3 Å². The van der Waals surface area contributed by atoms with Crippen molar-refractivity contribution in [3.05, 3.63) is 23.3 Å². The number of carbonyl (C=O) groups is 1. The minimum atomic E-state index is -1.26. The second-order valence-electron chi connectivity index (χ2n) is 2.83. The quantitative estimate of drug-likeness (QED) is 0.776. The first-order chi connectivity index (χ1) is 7.10. The van der Waals surface area contributed by atoms with Crippen LogP contribution in [0.2, 0.25) is 0 Å². The Morgan fingerprint density at radius 2 is 2.27 bits per heavy atom. The molecule has 0 saturated heterocycles. The van der Waals surface area contributed by atoms with E-state index < -0.39 is 11.7 Å². The fourth-order valence-electron chi connectivity index (χ4n) is 1.18. The SMILES string of the molecule is COc1cc(CC#N)cc(C(=O)O)c1O. The monoisotopic (exact) mass is 207 g/mol. The highest BCUT2D eigenvalue weighted by Gasteiger charge is 2.15. The number of methoxy groups -OCH3 is 1. The number of benzene rings is 1. The summed E-state index contributed by atoms with van der Waals surface area (Å²) in [5.74, 6) is -1.63. The van der Waals surface area contributed by atoms with Crippen molar-refractivity contribution in [1.82, 2.24) is 0 Å². The molecule has 1 aromatic rings. The van der Waals surface area contributed by atoms with Crippen molar-refractivity contribution in [3.8, 4) is 17.6 Å². The normalized spacial score (nSPS) is 9.33. The Morgan fingerprint density at radius 3 is 2.73 bits per heavy atom. The van der Waals surface area contributed by atoms with E-state index in [0.717, 1.165) is 0 Å². The number of aromatic hydroxyl groups is 1. The van der Waals surface area contributed by atoms with E-state index in [1.807, 2.05) is 6.07 Å². The van der Waals surface area contributed by atoms with Gasteiger partial charge in [0.2, 0.25) is 0 Å². The second-order valence-corrected chi connectivity index (χ2v) is 2.83. The molecule has 1 aromatic carbocycles. The summed E-state index contributed by atoms with van der Waals surface area (Å²) in [5.41, 5.74) is 0.226. The molecular weight excluding hydrogens is 198 g/mol. The van der Waals surface area contributed by atoms with Crippen LogP contribution in [0.1, 0.15) is 15.9 Å². The van der Waals surface area contributed by atoms with Crippen molar-refractivity contribution in [3.63, 3.8) is 0 Å². The van der Waals surface area contributed by atoms with Gasteiger partial charge in [0.05, 0.1) is 19.6 Å². The highest BCUT2D eigenvalue weighted by molar-refractivity contribution is 5.92. The van der Waals surface area contributed by atoms with E-state index in [1.165, 1.54) is 19.2 Å². The van der Waals surface area contributed by atoms with E-state index in [2.05, 4.69) is 0 Å². The maximum absolute atomic E-state index is 10.7. The van der Waals surface area contributed by atoms with E-state index in [1.54, 1.807) is 0 Å². The second kappa shape index (κ2) is 4.33. The molecule has 2 N–H and O–H groups in total. The fraction of sp³-hybridized carbons (Fsp3) is 0.200. The smallest absolute Gasteiger partial charge is 0.339 e. The van der Waals surface area contributed by atoms with Crippen molar-refractivity contribution in [1.29, 1.82) is 5.26 Å². The van der Waals surface area contributed by atoms with Gasteiger partial charge in [-0.05, 0) is 17.7 Å². The fourth-order valence-corrected chi connectivity index (χ4v) is 1.18. The molecule has 0 aromatic heterocycles. The molecule has 0 spiro atoms. The summed E-state index contributed by atoms with van der Waals surface area (Å²) < 4.78 is 4.80. The number of carboxylic acids is 1. The van der Waals surface area contributed by atoms with Crippen LogP contribution in [-0.2, 0) is 6.42 Å². The third-order valence-corrected chi connectivity index (χ3v) is 1.87. The van der Waals surface area contributed by atoms with Crippen LogP contribution >= 0.6 is 0 Å². The number of nitriles is 1. The number of phenols is 1. The van der Waals surface area contributed by atoms with Gasteiger partial charge >= 0.3 is 5.97 Å². The Bertz CT molecular complexity index is 434. The maximum atomic E-state index is 10.7. The largest absolute Gasteiger partial charge is 0.504 e. The van der Waals surface area contributed by atoms with Gasteiger partial charge in [-0.25, -0.2) is 4.79 Å². The molecule has 0 heterocycles. The summed E-state index contributed by atoms with van der Waals surface area (Å²) in [4.78, 5) is 10.7. The summed E-state index contributed by atoms with van der Waals surface area (Å²) in [6.07, 6.45) is 0.0664. The average molecular weight is 207 g/mol. The van der Waals surface area contributed by atoms with Crippen LogP contribution in [0.25, 0.3) is 0 Å². The third kappa shape index (κ3) is 2.17. The molecule has 15 heavy (non-hydrogen) atoms. The number of ether oxygens (including phenoxy) is 1. The first-order valence-electron chi connectivity index (χ1n) is 4.10. The predicted octanol–water partition coefficient (Wildman–Crippen LogP) is 1.17. The van der Waals surface area contributed by atoms with Crippen LogP contribution in [0.5, 0.6) is 11.5 Å². The summed E-state index contributed by atoms with van der Waals surface area (Å²) >= 11 is 0. The van der Waals surface area contributed by atoms with Crippen LogP contribution in [0.15, 0.2) is 12.1 Å². The van der Waals surface area contributed by atoms with E-state index in [-0.39, 0.29) is 17.7 Å². The maximum Gasteiger partial charge on any atom is 0.339 e. The molecule has 5 nitrogen and oxygen atoms in total. The molecule has 0 saturated carbocycles. The lowest BCUT2D eigenvalue weighted by atomic mass is 10.1. The van der Waals surface area contributed by atoms with Gasteiger partial charge in [-0.3, -0.25) is 0 Å². The lowest BCUT2D eigenvalue weighted by Gasteiger charge is -2.07. The number of rotatable bonds is 3. The van der Waals surface area contributed by atoms with Crippen LogP contribution in [0.4, 0.5) is 0 Å². The van der Waals surface area contributed by atoms with Crippen molar-refractivity contribution in [2.24, 2.45) is 0 Å². The molecule has 5 heteroatoms. The molecule has 0 unspecified atom stereocenters. The highest BCUT2D eigenvalue weighted by Crippen LogP contribution is 2.31. The van der Waals surface area contributed by atoms with E-state index in [4.69, 9.17) is 15.1 Å². The molecule has 0 aliphatic heterocycles. The number of aromatic carboxylic acids is 1. The summed E-state index contributed by atoms with van der Waals surface area (Å²) in [6, 6.07) is 4.58. The zero-order valence-corrected chi connectivity index (χ0v) is 8.02. The standard InChI is InChI=1S/C10H9NO4/c1-15-8-5-6(2-3-11)4-7(9(8)12)10(13)14/h4-5,12H,2H2,1H3,(H,13,14). The summed E-state index contributed by atoms with van der Waals surface area (Å²) in [5, 5.41) is 26.7. The Kier molecular flexibility index (Phi) is 3.13. The average Bonchev–Trinajstić information content (AvgIpc) is 2.20. The van der Waals surface area contributed by atoms with Crippen LogP contribution in [0, 0.1) is 11.3 Å². The van der Waals surface area contributed by atoms with Crippen LogP contribution in [0.3, 0.4) is 0 Å². The van der Waals surface area contributed by atoms with Gasteiger partial charge in [0.15, 0.2) is 11.5 Å². The number of hydrogen-bond donors (Lipinski definition) is 2. The zero-order valence-electron chi connectivity index (χ0n) is 8.02. The molecule has 0 radical (unpaired) electrons. The summed E-state index contributed by atoms with van der Waals surface area (Å²) in [6.45, 7) is 0. The van der Waals surface area contributed by atoms with Crippen molar-refractivity contribution >= 4 is 5.97 Å². The van der Waals surface area contributed by atoms with Gasteiger partial charge in [-0.1, -0.05) is 0 Å². The first-order valence-corrected chi connectivity index (χ1v) is 4.10. The topological polar surface area (TPSA) is 90.5 Å². The molecule has 0 amide bonds.